The van der Waals surface area contributed by atoms with Gasteiger partial charge in [0.15, 0.2) is 0 Å². The van der Waals surface area contributed by atoms with E-state index in [-0.39, 0.29) is 11.0 Å². The lowest BCUT2D eigenvalue weighted by atomic mass is 9.96. The van der Waals surface area contributed by atoms with Crippen LogP contribution in [0.5, 0.6) is 0 Å². The van der Waals surface area contributed by atoms with Gasteiger partial charge in [-0.1, -0.05) is 20.8 Å². The predicted octanol–water partition coefficient (Wildman–Crippen LogP) is 3.16. The van der Waals surface area contributed by atoms with Gasteiger partial charge in [0.1, 0.15) is 0 Å². The summed E-state index contributed by atoms with van der Waals surface area (Å²) in [6, 6.07) is 0. The van der Waals surface area contributed by atoms with Crippen LogP contribution in [-0.2, 0) is 6.54 Å². The largest absolute Gasteiger partial charge is 0.343 e. The van der Waals surface area contributed by atoms with Crippen LogP contribution < -0.4 is 10.2 Å². The Morgan fingerprint density at radius 1 is 1.15 bits per heavy atom. The Morgan fingerprint density at radius 3 is 2.20 bits per heavy atom. The summed E-state index contributed by atoms with van der Waals surface area (Å²) in [4.78, 5) is 11.3. The predicted molar refractivity (Wildman–Crippen MR) is 86.1 cm³/mol. The van der Waals surface area contributed by atoms with Crippen molar-refractivity contribution in [2.45, 2.75) is 60.5 Å². The smallest absolute Gasteiger partial charge is 0.225 e. The SMILES string of the molecule is Cc1nc(N(C)CC(C)(C)C)ncc1CNC(C)(C)C. The molecule has 0 unspecified atom stereocenters. The minimum atomic E-state index is 0.105. The molecule has 0 atom stereocenters. The molecular formula is C16H30N4. The molecule has 0 saturated carbocycles. The van der Waals surface area contributed by atoms with Crippen LogP contribution >= 0.6 is 0 Å². The molecular weight excluding hydrogens is 248 g/mol. The highest BCUT2D eigenvalue weighted by Gasteiger charge is 2.16. The van der Waals surface area contributed by atoms with Crippen LogP contribution in [-0.4, -0.2) is 29.1 Å². The minimum Gasteiger partial charge on any atom is -0.343 e. The van der Waals surface area contributed by atoms with Gasteiger partial charge in [-0.25, -0.2) is 9.97 Å². The van der Waals surface area contributed by atoms with Gasteiger partial charge in [0, 0.05) is 43.1 Å². The van der Waals surface area contributed by atoms with Crippen LogP contribution in [0.3, 0.4) is 0 Å². The summed E-state index contributed by atoms with van der Waals surface area (Å²) in [5, 5.41) is 3.47. The average Bonchev–Trinajstić information content (AvgIpc) is 2.23. The van der Waals surface area contributed by atoms with Crippen molar-refractivity contribution in [3.8, 4) is 0 Å². The number of anilines is 1. The molecule has 114 valence electrons. The van der Waals surface area contributed by atoms with Gasteiger partial charge < -0.3 is 10.2 Å². The summed E-state index contributed by atoms with van der Waals surface area (Å²) in [7, 11) is 2.05. The van der Waals surface area contributed by atoms with E-state index in [9.17, 15) is 0 Å². The zero-order chi connectivity index (χ0) is 15.6. The number of aryl methyl sites for hydroxylation is 1. The minimum absolute atomic E-state index is 0.105. The van der Waals surface area contributed by atoms with Crippen molar-refractivity contribution in [2.24, 2.45) is 5.41 Å². The summed E-state index contributed by atoms with van der Waals surface area (Å²) < 4.78 is 0. The number of hydrogen-bond acceptors (Lipinski definition) is 4. The zero-order valence-corrected chi connectivity index (χ0v) is 14.3. The molecule has 0 aliphatic heterocycles. The molecule has 1 heterocycles. The van der Waals surface area contributed by atoms with E-state index in [1.54, 1.807) is 0 Å². The Morgan fingerprint density at radius 2 is 1.75 bits per heavy atom. The van der Waals surface area contributed by atoms with E-state index in [2.05, 4.69) is 68.7 Å². The second-order valence-corrected chi connectivity index (χ2v) is 7.80. The van der Waals surface area contributed by atoms with Crippen molar-refractivity contribution >= 4 is 5.95 Å². The Hall–Kier alpha value is -1.16. The highest BCUT2D eigenvalue weighted by Crippen LogP contribution is 2.18. The molecule has 0 bridgehead atoms. The van der Waals surface area contributed by atoms with Gasteiger partial charge in [-0.3, -0.25) is 0 Å². The maximum absolute atomic E-state index is 4.63. The van der Waals surface area contributed by atoms with Crippen LogP contribution in [0.25, 0.3) is 0 Å². The quantitative estimate of drug-likeness (QED) is 0.918. The van der Waals surface area contributed by atoms with Gasteiger partial charge in [-0.2, -0.15) is 0 Å². The van der Waals surface area contributed by atoms with Gasteiger partial charge in [0.05, 0.1) is 0 Å². The number of nitrogens with one attached hydrogen (secondary N) is 1. The van der Waals surface area contributed by atoms with Crippen molar-refractivity contribution in [3.05, 3.63) is 17.5 Å². The fourth-order valence-corrected chi connectivity index (χ4v) is 1.98. The van der Waals surface area contributed by atoms with E-state index in [1.807, 2.05) is 13.2 Å². The van der Waals surface area contributed by atoms with E-state index in [0.29, 0.717) is 0 Å². The number of hydrogen-bond donors (Lipinski definition) is 1. The fraction of sp³-hybridized carbons (Fsp3) is 0.750. The third-order valence-corrected chi connectivity index (χ3v) is 2.93. The monoisotopic (exact) mass is 278 g/mol. The van der Waals surface area contributed by atoms with Gasteiger partial charge in [0.2, 0.25) is 5.95 Å². The molecule has 0 fully saturated rings. The van der Waals surface area contributed by atoms with Crippen LogP contribution in [0.4, 0.5) is 5.95 Å². The lowest BCUT2D eigenvalue weighted by Crippen LogP contribution is -2.35. The summed E-state index contributed by atoms with van der Waals surface area (Å²) >= 11 is 0. The molecule has 1 N–H and O–H groups in total. The van der Waals surface area contributed by atoms with Gasteiger partial charge in [-0.05, 0) is 33.1 Å². The van der Waals surface area contributed by atoms with Crippen LogP contribution in [0.15, 0.2) is 6.20 Å². The second-order valence-electron chi connectivity index (χ2n) is 7.80. The lowest BCUT2D eigenvalue weighted by Gasteiger charge is -2.27. The van der Waals surface area contributed by atoms with Gasteiger partial charge in [-0.15, -0.1) is 0 Å². The van der Waals surface area contributed by atoms with Crippen molar-refractivity contribution in [1.82, 2.24) is 15.3 Å². The third-order valence-electron chi connectivity index (χ3n) is 2.93. The van der Waals surface area contributed by atoms with E-state index in [0.717, 1.165) is 30.3 Å². The molecule has 0 aliphatic carbocycles. The highest BCUT2D eigenvalue weighted by atomic mass is 15.2. The maximum atomic E-state index is 4.63. The van der Waals surface area contributed by atoms with Crippen LogP contribution in [0.1, 0.15) is 52.8 Å². The maximum Gasteiger partial charge on any atom is 0.225 e. The van der Waals surface area contributed by atoms with E-state index >= 15 is 0 Å². The molecule has 0 amide bonds. The first-order valence-corrected chi connectivity index (χ1v) is 7.27. The molecule has 0 radical (unpaired) electrons. The molecule has 4 nitrogen and oxygen atoms in total. The zero-order valence-electron chi connectivity index (χ0n) is 14.3. The summed E-state index contributed by atoms with van der Waals surface area (Å²) in [6.45, 7) is 16.9. The molecule has 0 aliphatic rings. The second kappa shape index (κ2) is 6.08. The Balaban J connectivity index is 2.77. The van der Waals surface area contributed by atoms with E-state index in [1.165, 1.54) is 0 Å². The van der Waals surface area contributed by atoms with Crippen molar-refractivity contribution in [3.63, 3.8) is 0 Å². The Labute approximate surface area is 124 Å². The summed E-state index contributed by atoms with van der Waals surface area (Å²) in [5.41, 5.74) is 2.55. The van der Waals surface area contributed by atoms with Crippen molar-refractivity contribution in [2.75, 3.05) is 18.5 Å². The molecule has 0 aromatic carbocycles. The molecule has 1 aromatic rings. The number of nitrogens with zero attached hydrogens (tertiary/aromatic N) is 3. The number of aromatic nitrogens is 2. The molecule has 1 rings (SSSR count). The van der Waals surface area contributed by atoms with E-state index in [4.69, 9.17) is 0 Å². The molecule has 1 aromatic heterocycles. The Kier molecular flexibility index (Phi) is 5.14. The topological polar surface area (TPSA) is 41.1 Å². The van der Waals surface area contributed by atoms with E-state index < -0.39 is 0 Å². The first-order valence-electron chi connectivity index (χ1n) is 7.27. The van der Waals surface area contributed by atoms with Crippen LogP contribution in [0.2, 0.25) is 0 Å². The first kappa shape index (κ1) is 16.9. The van der Waals surface area contributed by atoms with Crippen molar-refractivity contribution in [1.29, 1.82) is 0 Å². The normalized spacial score (nSPS) is 12.6. The lowest BCUT2D eigenvalue weighted by molar-refractivity contribution is 0.415. The van der Waals surface area contributed by atoms with Crippen molar-refractivity contribution < 1.29 is 0 Å². The summed E-state index contributed by atoms with van der Waals surface area (Å²) in [5.74, 6) is 0.803. The third kappa shape index (κ3) is 5.87. The highest BCUT2D eigenvalue weighted by molar-refractivity contribution is 5.32. The molecule has 20 heavy (non-hydrogen) atoms. The van der Waals surface area contributed by atoms with Crippen LogP contribution in [0, 0.1) is 12.3 Å². The average molecular weight is 278 g/mol. The van der Waals surface area contributed by atoms with Gasteiger partial charge in [0.25, 0.3) is 0 Å². The molecule has 0 spiro atoms. The fourth-order valence-electron chi connectivity index (χ4n) is 1.98. The standard InChI is InChI=1S/C16H30N4/c1-12-13(10-18-16(5,6)7)9-17-14(19-12)20(8)11-15(2,3)4/h9,18H,10-11H2,1-8H3. The Bertz CT molecular complexity index is 441. The summed E-state index contributed by atoms with van der Waals surface area (Å²) in [6.07, 6.45) is 1.94. The van der Waals surface area contributed by atoms with Gasteiger partial charge >= 0.3 is 0 Å². The molecule has 4 heteroatoms. The first-order chi connectivity index (χ1) is 8.98. The molecule has 0 saturated heterocycles. The number of rotatable bonds is 4.